The van der Waals surface area contributed by atoms with Crippen molar-refractivity contribution < 1.29 is 9.90 Å². The summed E-state index contributed by atoms with van der Waals surface area (Å²) in [5, 5.41) is 12.1. The minimum atomic E-state index is -0.214. The molecule has 0 atom stereocenters. The number of amides is 1. The van der Waals surface area contributed by atoms with E-state index in [9.17, 15) is 4.79 Å². The van der Waals surface area contributed by atoms with Gasteiger partial charge in [0.2, 0.25) is 0 Å². The van der Waals surface area contributed by atoms with E-state index in [1.54, 1.807) is 18.2 Å². The molecule has 104 valence electrons. The van der Waals surface area contributed by atoms with Crippen LogP contribution in [-0.2, 0) is 6.42 Å². The number of nitrogens with one attached hydrogen (secondary N) is 1. The first-order valence-corrected chi connectivity index (χ1v) is 7.23. The van der Waals surface area contributed by atoms with Crippen molar-refractivity contribution in [1.29, 1.82) is 0 Å². The molecule has 0 saturated carbocycles. The van der Waals surface area contributed by atoms with Crippen LogP contribution in [0.1, 0.15) is 15.9 Å². The highest BCUT2D eigenvalue weighted by molar-refractivity contribution is 9.10. The smallest absolute Gasteiger partial charge is 0.255 e. The maximum absolute atomic E-state index is 12.1. The quantitative estimate of drug-likeness (QED) is 0.875. The molecule has 0 aliphatic rings. The summed E-state index contributed by atoms with van der Waals surface area (Å²) in [6, 6.07) is 12.4. The van der Waals surface area contributed by atoms with Gasteiger partial charge in [0.1, 0.15) is 0 Å². The monoisotopic (exact) mass is 353 g/mol. The summed E-state index contributed by atoms with van der Waals surface area (Å²) in [6.45, 7) is 0.114. The summed E-state index contributed by atoms with van der Waals surface area (Å²) < 4.78 is 0.754. The Hall–Kier alpha value is -1.36. The van der Waals surface area contributed by atoms with Crippen molar-refractivity contribution in [2.75, 3.05) is 11.9 Å². The average molecular weight is 355 g/mol. The van der Waals surface area contributed by atoms with Crippen molar-refractivity contribution in [3.8, 4) is 0 Å². The van der Waals surface area contributed by atoms with Crippen LogP contribution in [0.4, 0.5) is 5.69 Å². The van der Waals surface area contributed by atoms with Crippen LogP contribution in [0.15, 0.2) is 46.9 Å². The van der Waals surface area contributed by atoms with Gasteiger partial charge in [-0.05, 0) is 58.2 Å². The molecule has 2 N–H and O–H groups in total. The van der Waals surface area contributed by atoms with Crippen molar-refractivity contribution in [3.63, 3.8) is 0 Å². The summed E-state index contributed by atoms with van der Waals surface area (Å²) in [5.74, 6) is -0.214. The highest BCUT2D eigenvalue weighted by atomic mass is 79.9. The van der Waals surface area contributed by atoms with Crippen LogP contribution in [-0.4, -0.2) is 17.6 Å². The van der Waals surface area contributed by atoms with Crippen LogP contribution in [0.5, 0.6) is 0 Å². The number of aliphatic hydroxyl groups excluding tert-OH is 1. The average Bonchev–Trinajstić information content (AvgIpc) is 2.44. The van der Waals surface area contributed by atoms with Gasteiger partial charge in [-0.15, -0.1) is 0 Å². The molecule has 2 rings (SSSR count). The maximum atomic E-state index is 12.1. The topological polar surface area (TPSA) is 49.3 Å². The van der Waals surface area contributed by atoms with Crippen LogP contribution in [0.25, 0.3) is 0 Å². The molecule has 0 aliphatic carbocycles. The molecule has 1 amide bonds. The predicted molar refractivity (Wildman–Crippen MR) is 84.3 cm³/mol. The second-order valence-corrected chi connectivity index (χ2v) is 5.52. The third-order valence-electron chi connectivity index (χ3n) is 2.79. The molecule has 0 saturated heterocycles. The van der Waals surface area contributed by atoms with E-state index in [0.29, 0.717) is 22.7 Å². The van der Waals surface area contributed by atoms with Crippen molar-refractivity contribution in [2.45, 2.75) is 6.42 Å². The van der Waals surface area contributed by atoms with Gasteiger partial charge in [-0.25, -0.2) is 0 Å². The predicted octanol–water partition coefficient (Wildman–Crippen LogP) is 3.89. The molecule has 3 nitrogen and oxygen atoms in total. The largest absolute Gasteiger partial charge is 0.396 e. The van der Waals surface area contributed by atoms with E-state index in [2.05, 4.69) is 21.2 Å². The zero-order valence-corrected chi connectivity index (χ0v) is 12.9. The van der Waals surface area contributed by atoms with E-state index in [1.165, 1.54) is 0 Å². The Morgan fingerprint density at radius 3 is 2.50 bits per heavy atom. The van der Waals surface area contributed by atoms with Crippen molar-refractivity contribution in [2.24, 2.45) is 0 Å². The lowest BCUT2D eigenvalue weighted by Gasteiger charge is -2.07. The number of benzene rings is 2. The SMILES string of the molecule is O=C(Nc1ccc(CCO)cc1)c1ccc(Br)c(Cl)c1. The van der Waals surface area contributed by atoms with E-state index in [-0.39, 0.29) is 12.5 Å². The standard InChI is InChI=1S/C15H13BrClNO2/c16-13-6-3-11(9-14(13)17)15(20)18-12-4-1-10(2-5-12)7-8-19/h1-6,9,19H,7-8H2,(H,18,20). The van der Waals surface area contributed by atoms with E-state index in [4.69, 9.17) is 16.7 Å². The molecule has 2 aromatic carbocycles. The number of aliphatic hydroxyl groups is 1. The summed E-state index contributed by atoms with van der Waals surface area (Å²) in [7, 11) is 0. The minimum Gasteiger partial charge on any atom is -0.396 e. The highest BCUT2D eigenvalue weighted by Crippen LogP contribution is 2.23. The number of carbonyl (C=O) groups is 1. The number of hydrogen-bond donors (Lipinski definition) is 2. The summed E-state index contributed by atoms with van der Waals surface area (Å²) in [4.78, 5) is 12.1. The zero-order chi connectivity index (χ0) is 14.5. The van der Waals surface area contributed by atoms with E-state index < -0.39 is 0 Å². The molecule has 5 heteroatoms. The van der Waals surface area contributed by atoms with Gasteiger partial charge >= 0.3 is 0 Å². The normalized spacial score (nSPS) is 10.3. The van der Waals surface area contributed by atoms with Gasteiger partial charge in [-0.2, -0.15) is 0 Å². The fourth-order valence-corrected chi connectivity index (χ4v) is 2.15. The first-order valence-electron chi connectivity index (χ1n) is 6.06. The van der Waals surface area contributed by atoms with Crippen LogP contribution in [0, 0.1) is 0 Å². The minimum absolute atomic E-state index is 0.114. The Morgan fingerprint density at radius 1 is 1.20 bits per heavy atom. The van der Waals surface area contributed by atoms with E-state index in [0.717, 1.165) is 10.0 Å². The highest BCUT2D eigenvalue weighted by Gasteiger charge is 2.08. The van der Waals surface area contributed by atoms with Gasteiger partial charge in [0.15, 0.2) is 0 Å². The second kappa shape index (κ2) is 6.88. The number of halogens is 2. The molecule has 2 aromatic rings. The van der Waals surface area contributed by atoms with Crippen molar-refractivity contribution in [3.05, 3.63) is 63.1 Å². The molecule has 0 aromatic heterocycles. The van der Waals surface area contributed by atoms with Crippen molar-refractivity contribution in [1.82, 2.24) is 0 Å². The Kier molecular flexibility index (Phi) is 5.17. The molecule has 0 heterocycles. The number of carbonyl (C=O) groups excluding carboxylic acids is 1. The fourth-order valence-electron chi connectivity index (χ4n) is 1.72. The molecule has 0 fully saturated rings. The first kappa shape index (κ1) is 15.0. The molecular weight excluding hydrogens is 342 g/mol. The van der Waals surface area contributed by atoms with Gasteiger partial charge in [-0.1, -0.05) is 23.7 Å². The van der Waals surface area contributed by atoms with Crippen LogP contribution >= 0.6 is 27.5 Å². The second-order valence-electron chi connectivity index (χ2n) is 4.25. The zero-order valence-electron chi connectivity index (χ0n) is 10.6. The van der Waals surface area contributed by atoms with E-state index >= 15 is 0 Å². The molecule has 0 aliphatic heterocycles. The Bertz CT molecular complexity index is 614. The van der Waals surface area contributed by atoms with Crippen LogP contribution < -0.4 is 5.32 Å². The Labute approximate surface area is 130 Å². The van der Waals surface area contributed by atoms with Crippen LogP contribution in [0.2, 0.25) is 5.02 Å². The maximum Gasteiger partial charge on any atom is 0.255 e. The van der Waals surface area contributed by atoms with Crippen molar-refractivity contribution >= 4 is 39.1 Å². The van der Waals surface area contributed by atoms with Gasteiger partial charge in [0.05, 0.1) is 5.02 Å². The molecule has 0 radical (unpaired) electrons. The van der Waals surface area contributed by atoms with E-state index in [1.807, 2.05) is 24.3 Å². The van der Waals surface area contributed by atoms with Gasteiger partial charge in [0, 0.05) is 22.3 Å². The van der Waals surface area contributed by atoms with Gasteiger partial charge in [-0.3, -0.25) is 4.79 Å². The molecule has 0 unspecified atom stereocenters. The van der Waals surface area contributed by atoms with Crippen LogP contribution in [0.3, 0.4) is 0 Å². The third-order valence-corrected chi connectivity index (χ3v) is 4.03. The Morgan fingerprint density at radius 2 is 1.90 bits per heavy atom. The molecule has 20 heavy (non-hydrogen) atoms. The molecular formula is C15H13BrClNO2. The van der Waals surface area contributed by atoms with Gasteiger partial charge < -0.3 is 10.4 Å². The fraction of sp³-hybridized carbons (Fsp3) is 0.133. The summed E-state index contributed by atoms with van der Waals surface area (Å²) in [5.41, 5.74) is 2.23. The Balaban J connectivity index is 2.08. The number of hydrogen-bond acceptors (Lipinski definition) is 2. The lowest BCUT2D eigenvalue weighted by atomic mass is 10.1. The molecule has 0 spiro atoms. The van der Waals surface area contributed by atoms with Gasteiger partial charge in [0.25, 0.3) is 5.91 Å². The summed E-state index contributed by atoms with van der Waals surface area (Å²) in [6.07, 6.45) is 0.608. The lowest BCUT2D eigenvalue weighted by Crippen LogP contribution is -2.11. The summed E-state index contributed by atoms with van der Waals surface area (Å²) >= 11 is 9.25. The lowest BCUT2D eigenvalue weighted by molar-refractivity contribution is 0.102. The third kappa shape index (κ3) is 3.82. The number of rotatable bonds is 4. The number of anilines is 1. The first-order chi connectivity index (χ1) is 9.60. The molecule has 0 bridgehead atoms.